The lowest BCUT2D eigenvalue weighted by Crippen LogP contribution is -2.33. The van der Waals surface area contributed by atoms with E-state index >= 15 is 0 Å². The lowest BCUT2D eigenvalue weighted by Gasteiger charge is -2.18. The van der Waals surface area contributed by atoms with Gasteiger partial charge in [-0.05, 0) is 36.5 Å². The first kappa shape index (κ1) is 14.0. The van der Waals surface area contributed by atoms with Gasteiger partial charge in [0.1, 0.15) is 5.82 Å². The molecule has 2 N–H and O–H groups in total. The Morgan fingerprint density at radius 1 is 1.50 bits per heavy atom. The molecule has 1 saturated heterocycles. The van der Waals surface area contributed by atoms with E-state index in [0.29, 0.717) is 22.9 Å². The minimum atomic E-state index is -2.93. The van der Waals surface area contributed by atoms with Crippen LogP contribution in [-0.4, -0.2) is 26.0 Å². The van der Waals surface area contributed by atoms with Gasteiger partial charge in [0.15, 0.2) is 9.84 Å². The van der Waals surface area contributed by atoms with Crippen LogP contribution in [0.4, 0.5) is 4.39 Å². The standard InChI is InChI=1S/C12H15BrFNO2S/c13-10-2-1-8(11(14)6-10)5-12(15)9-3-4-18(16,17)7-9/h1-2,6,9,12H,3-5,7,15H2. The molecule has 1 aliphatic rings. The molecule has 6 heteroatoms. The largest absolute Gasteiger partial charge is 0.327 e. The van der Waals surface area contributed by atoms with Crippen molar-refractivity contribution in [3.8, 4) is 0 Å². The molecule has 18 heavy (non-hydrogen) atoms. The summed E-state index contributed by atoms with van der Waals surface area (Å²) in [7, 11) is -2.93. The van der Waals surface area contributed by atoms with Crippen LogP contribution in [0.5, 0.6) is 0 Å². The first-order valence-corrected chi connectivity index (χ1v) is 8.39. The highest BCUT2D eigenvalue weighted by Crippen LogP contribution is 2.24. The van der Waals surface area contributed by atoms with Gasteiger partial charge in [0, 0.05) is 10.5 Å². The van der Waals surface area contributed by atoms with Gasteiger partial charge in [0.05, 0.1) is 11.5 Å². The molecule has 100 valence electrons. The minimum absolute atomic E-state index is 0.0574. The number of rotatable bonds is 3. The highest BCUT2D eigenvalue weighted by Gasteiger charge is 2.32. The molecule has 3 nitrogen and oxygen atoms in total. The number of hydrogen-bond acceptors (Lipinski definition) is 3. The van der Waals surface area contributed by atoms with E-state index in [0.717, 1.165) is 0 Å². The van der Waals surface area contributed by atoms with E-state index in [2.05, 4.69) is 15.9 Å². The maximum atomic E-state index is 13.6. The Hall–Kier alpha value is -0.460. The predicted molar refractivity (Wildman–Crippen MR) is 72.5 cm³/mol. The Morgan fingerprint density at radius 3 is 2.78 bits per heavy atom. The second kappa shape index (κ2) is 5.27. The van der Waals surface area contributed by atoms with Crippen LogP contribution in [0.15, 0.2) is 22.7 Å². The summed E-state index contributed by atoms with van der Waals surface area (Å²) in [4.78, 5) is 0. The second-order valence-electron chi connectivity index (χ2n) is 4.77. The van der Waals surface area contributed by atoms with Crippen molar-refractivity contribution >= 4 is 25.8 Å². The van der Waals surface area contributed by atoms with Gasteiger partial charge in [-0.2, -0.15) is 0 Å². The van der Waals surface area contributed by atoms with Gasteiger partial charge in [-0.1, -0.05) is 22.0 Å². The molecule has 1 aliphatic heterocycles. The van der Waals surface area contributed by atoms with Crippen LogP contribution in [0.2, 0.25) is 0 Å². The number of benzene rings is 1. The van der Waals surface area contributed by atoms with E-state index in [9.17, 15) is 12.8 Å². The van der Waals surface area contributed by atoms with E-state index < -0.39 is 9.84 Å². The summed E-state index contributed by atoms with van der Waals surface area (Å²) in [5.74, 6) is -0.0285. The molecule has 1 heterocycles. The van der Waals surface area contributed by atoms with E-state index in [1.807, 2.05) is 0 Å². The molecule has 0 amide bonds. The summed E-state index contributed by atoms with van der Waals surface area (Å²) in [6.45, 7) is 0. The first-order chi connectivity index (χ1) is 8.37. The molecular formula is C12H15BrFNO2S. The van der Waals surface area contributed by atoms with Gasteiger partial charge >= 0.3 is 0 Å². The van der Waals surface area contributed by atoms with Crippen LogP contribution >= 0.6 is 15.9 Å². The Balaban J connectivity index is 2.05. The number of sulfone groups is 1. The summed E-state index contributed by atoms with van der Waals surface area (Å²) in [5.41, 5.74) is 6.53. The summed E-state index contributed by atoms with van der Waals surface area (Å²) in [6.07, 6.45) is 0.959. The van der Waals surface area contributed by atoms with Crippen LogP contribution in [-0.2, 0) is 16.3 Å². The fourth-order valence-corrected chi connectivity index (χ4v) is 4.50. The van der Waals surface area contributed by atoms with E-state index in [4.69, 9.17) is 5.73 Å². The summed E-state index contributed by atoms with van der Waals surface area (Å²) >= 11 is 3.19. The van der Waals surface area contributed by atoms with Crippen molar-refractivity contribution in [3.63, 3.8) is 0 Å². The fraction of sp³-hybridized carbons (Fsp3) is 0.500. The van der Waals surface area contributed by atoms with Crippen LogP contribution in [0, 0.1) is 11.7 Å². The molecule has 2 unspecified atom stereocenters. The molecule has 1 aromatic carbocycles. The van der Waals surface area contributed by atoms with Gasteiger partial charge in [0.2, 0.25) is 0 Å². The van der Waals surface area contributed by atoms with E-state index in [1.165, 1.54) is 6.07 Å². The zero-order valence-electron chi connectivity index (χ0n) is 9.77. The highest BCUT2D eigenvalue weighted by atomic mass is 79.9. The van der Waals surface area contributed by atoms with E-state index in [-0.39, 0.29) is 29.3 Å². The van der Waals surface area contributed by atoms with Crippen molar-refractivity contribution in [3.05, 3.63) is 34.1 Å². The second-order valence-corrected chi connectivity index (χ2v) is 7.91. The van der Waals surface area contributed by atoms with Crippen molar-refractivity contribution in [1.29, 1.82) is 0 Å². The summed E-state index contributed by atoms with van der Waals surface area (Å²) in [5, 5.41) is 0. The van der Waals surface area contributed by atoms with Crippen LogP contribution in [0.25, 0.3) is 0 Å². The lowest BCUT2D eigenvalue weighted by atomic mass is 9.94. The first-order valence-electron chi connectivity index (χ1n) is 5.77. The third kappa shape index (κ3) is 3.30. The van der Waals surface area contributed by atoms with Crippen molar-refractivity contribution in [2.75, 3.05) is 11.5 Å². The topological polar surface area (TPSA) is 60.2 Å². The van der Waals surface area contributed by atoms with Gasteiger partial charge in [-0.25, -0.2) is 12.8 Å². The third-order valence-electron chi connectivity index (χ3n) is 3.34. The molecule has 0 radical (unpaired) electrons. The van der Waals surface area contributed by atoms with Crippen molar-refractivity contribution in [2.24, 2.45) is 11.7 Å². The third-order valence-corrected chi connectivity index (χ3v) is 5.63. The van der Waals surface area contributed by atoms with Crippen LogP contribution in [0.1, 0.15) is 12.0 Å². The molecule has 2 atom stereocenters. The molecule has 0 bridgehead atoms. The zero-order valence-corrected chi connectivity index (χ0v) is 12.2. The van der Waals surface area contributed by atoms with Gasteiger partial charge < -0.3 is 5.73 Å². The van der Waals surface area contributed by atoms with Crippen molar-refractivity contribution in [2.45, 2.75) is 18.9 Å². The molecule has 0 aliphatic carbocycles. The number of halogens is 2. The molecule has 1 aromatic rings. The molecule has 0 aromatic heterocycles. The summed E-state index contributed by atoms with van der Waals surface area (Å²) < 4.78 is 37.1. The van der Waals surface area contributed by atoms with Gasteiger partial charge in [-0.15, -0.1) is 0 Å². The van der Waals surface area contributed by atoms with Crippen LogP contribution < -0.4 is 5.73 Å². The number of nitrogens with two attached hydrogens (primary N) is 1. The molecule has 0 saturated carbocycles. The minimum Gasteiger partial charge on any atom is -0.327 e. The Kier molecular flexibility index (Phi) is 4.08. The smallest absolute Gasteiger partial charge is 0.150 e. The highest BCUT2D eigenvalue weighted by molar-refractivity contribution is 9.10. The fourth-order valence-electron chi connectivity index (χ4n) is 2.27. The van der Waals surface area contributed by atoms with Crippen molar-refractivity contribution in [1.82, 2.24) is 0 Å². The Bertz CT molecular complexity index is 547. The van der Waals surface area contributed by atoms with Gasteiger partial charge in [-0.3, -0.25) is 0 Å². The van der Waals surface area contributed by atoms with Crippen molar-refractivity contribution < 1.29 is 12.8 Å². The average molecular weight is 336 g/mol. The maximum Gasteiger partial charge on any atom is 0.150 e. The SMILES string of the molecule is NC(Cc1ccc(Br)cc1F)C1CCS(=O)(=O)C1. The van der Waals surface area contributed by atoms with Gasteiger partial charge in [0.25, 0.3) is 0 Å². The zero-order chi connectivity index (χ0) is 13.3. The maximum absolute atomic E-state index is 13.6. The Labute approximate surface area is 115 Å². The lowest BCUT2D eigenvalue weighted by molar-refractivity contribution is 0.453. The average Bonchev–Trinajstić information content (AvgIpc) is 2.63. The molecule has 0 spiro atoms. The van der Waals surface area contributed by atoms with Crippen LogP contribution in [0.3, 0.4) is 0 Å². The number of hydrogen-bond donors (Lipinski definition) is 1. The normalized spacial score (nSPS) is 24.1. The van der Waals surface area contributed by atoms with E-state index in [1.54, 1.807) is 12.1 Å². The molecular weight excluding hydrogens is 321 g/mol. The quantitative estimate of drug-likeness (QED) is 0.917. The monoisotopic (exact) mass is 335 g/mol. The molecule has 2 rings (SSSR count). The predicted octanol–water partition coefficient (Wildman–Crippen LogP) is 1.89. The summed E-state index contributed by atoms with van der Waals surface area (Å²) in [6, 6.07) is 4.53. The molecule has 1 fully saturated rings. The Morgan fingerprint density at radius 2 is 2.22 bits per heavy atom.